The van der Waals surface area contributed by atoms with Crippen molar-refractivity contribution in [3.63, 3.8) is 0 Å². The number of rotatable bonds is 3. The van der Waals surface area contributed by atoms with Gasteiger partial charge in [0.15, 0.2) is 0 Å². The molecule has 0 radical (unpaired) electrons. The molecule has 1 unspecified atom stereocenters. The summed E-state index contributed by atoms with van der Waals surface area (Å²) in [5, 5.41) is 3.01. The van der Waals surface area contributed by atoms with Crippen LogP contribution < -0.4 is 5.32 Å². The van der Waals surface area contributed by atoms with Crippen LogP contribution in [0.5, 0.6) is 0 Å². The average Bonchev–Trinajstić information content (AvgIpc) is 2.34. The van der Waals surface area contributed by atoms with Crippen molar-refractivity contribution in [2.24, 2.45) is 0 Å². The molecular formula is C14H12BrF2N. The van der Waals surface area contributed by atoms with Gasteiger partial charge in [-0.3, -0.25) is 0 Å². The van der Waals surface area contributed by atoms with E-state index in [9.17, 15) is 8.78 Å². The average molecular weight is 312 g/mol. The van der Waals surface area contributed by atoms with Crippen LogP contribution in [0.15, 0.2) is 46.9 Å². The fourth-order valence-corrected chi connectivity index (χ4v) is 2.52. The molecule has 2 rings (SSSR count). The molecule has 0 aromatic heterocycles. The summed E-state index contributed by atoms with van der Waals surface area (Å²) in [6.45, 7) is 0. The highest BCUT2D eigenvalue weighted by molar-refractivity contribution is 9.10. The Morgan fingerprint density at radius 3 is 2.44 bits per heavy atom. The van der Waals surface area contributed by atoms with Crippen LogP contribution in [0, 0.1) is 11.6 Å². The maximum atomic E-state index is 13.9. The minimum Gasteiger partial charge on any atom is -0.309 e. The van der Waals surface area contributed by atoms with Gasteiger partial charge in [-0.25, -0.2) is 8.78 Å². The quantitative estimate of drug-likeness (QED) is 0.902. The second-order valence-corrected chi connectivity index (χ2v) is 4.77. The highest BCUT2D eigenvalue weighted by Gasteiger charge is 2.19. The van der Waals surface area contributed by atoms with Gasteiger partial charge < -0.3 is 5.32 Å². The monoisotopic (exact) mass is 311 g/mol. The SMILES string of the molecule is CNC(c1cccc(F)c1)c1c(F)cccc1Br. The maximum absolute atomic E-state index is 13.9. The molecule has 2 aromatic rings. The van der Waals surface area contributed by atoms with E-state index in [4.69, 9.17) is 0 Å². The van der Waals surface area contributed by atoms with Gasteiger partial charge in [-0.2, -0.15) is 0 Å². The Morgan fingerprint density at radius 2 is 1.83 bits per heavy atom. The Morgan fingerprint density at radius 1 is 1.11 bits per heavy atom. The summed E-state index contributed by atoms with van der Waals surface area (Å²) in [7, 11) is 1.72. The first-order valence-corrected chi connectivity index (χ1v) is 6.29. The van der Waals surface area contributed by atoms with Gasteiger partial charge in [0.05, 0.1) is 6.04 Å². The lowest BCUT2D eigenvalue weighted by Gasteiger charge is -2.19. The van der Waals surface area contributed by atoms with E-state index in [-0.39, 0.29) is 11.6 Å². The van der Waals surface area contributed by atoms with Gasteiger partial charge in [0.1, 0.15) is 11.6 Å². The van der Waals surface area contributed by atoms with Crippen molar-refractivity contribution in [1.82, 2.24) is 5.32 Å². The molecule has 0 saturated carbocycles. The summed E-state index contributed by atoms with van der Waals surface area (Å²) in [5.41, 5.74) is 1.16. The van der Waals surface area contributed by atoms with E-state index in [1.54, 1.807) is 31.3 Å². The molecule has 0 amide bonds. The molecule has 1 atom stereocenters. The first-order chi connectivity index (χ1) is 8.63. The van der Waals surface area contributed by atoms with Gasteiger partial charge in [-0.15, -0.1) is 0 Å². The molecule has 0 saturated heterocycles. The third-order valence-electron chi connectivity index (χ3n) is 2.76. The van der Waals surface area contributed by atoms with Crippen molar-refractivity contribution in [1.29, 1.82) is 0 Å². The van der Waals surface area contributed by atoms with Gasteiger partial charge in [0, 0.05) is 10.0 Å². The van der Waals surface area contributed by atoms with Crippen LogP contribution in [0.2, 0.25) is 0 Å². The molecular weight excluding hydrogens is 300 g/mol. The summed E-state index contributed by atoms with van der Waals surface area (Å²) < 4.78 is 27.8. The molecule has 18 heavy (non-hydrogen) atoms. The van der Waals surface area contributed by atoms with Crippen LogP contribution in [0.3, 0.4) is 0 Å². The fraction of sp³-hybridized carbons (Fsp3) is 0.143. The Hall–Kier alpha value is -1.26. The van der Waals surface area contributed by atoms with Crippen LogP contribution in [0.25, 0.3) is 0 Å². The third kappa shape index (κ3) is 2.60. The van der Waals surface area contributed by atoms with Gasteiger partial charge in [0.25, 0.3) is 0 Å². The Bertz CT molecular complexity index is 537. The van der Waals surface area contributed by atoms with Crippen molar-refractivity contribution in [2.45, 2.75) is 6.04 Å². The van der Waals surface area contributed by atoms with E-state index in [1.807, 2.05) is 0 Å². The molecule has 0 heterocycles. The standard InChI is InChI=1S/C14H12BrF2N/c1-18-14(9-4-2-5-10(16)8-9)13-11(15)6-3-7-12(13)17/h2-8,14,18H,1H3. The lowest BCUT2D eigenvalue weighted by molar-refractivity contribution is 0.569. The zero-order chi connectivity index (χ0) is 13.1. The Labute approximate surface area is 113 Å². The zero-order valence-electron chi connectivity index (χ0n) is 9.75. The summed E-state index contributed by atoms with van der Waals surface area (Å²) in [6.07, 6.45) is 0. The van der Waals surface area contributed by atoms with E-state index in [0.717, 1.165) is 0 Å². The predicted molar refractivity (Wildman–Crippen MR) is 71.4 cm³/mol. The number of benzene rings is 2. The summed E-state index contributed by atoms with van der Waals surface area (Å²) >= 11 is 3.33. The van der Waals surface area contributed by atoms with E-state index in [1.165, 1.54) is 18.2 Å². The molecule has 1 nitrogen and oxygen atoms in total. The van der Waals surface area contributed by atoms with E-state index in [2.05, 4.69) is 21.2 Å². The van der Waals surface area contributed by atoms with Crippen LogP contribution in [-0.2, 0) is 0 Å². The molecule has 0 spiro atoms. The van der Waals surface area contributed by atoms with Crippen LogP contribution in [-0.4, -0.2) is 7.05 Å². The molecule has 0 fully saturated rings. The Kier molecular flexibility index (Phi) is 4.09. The second-order valence-electron chi connectivity index (χ2n) is 3.91. The molecule has 2 aromatic carbocycles. The number of halogens is 3. The maximum Gasteiger partial charge on any atom is 0.129 e. The summed E-state index contributed by atoms with van der Waals surface area (Å²) in [4.78, 5) is 0. The highest BCUT2D eigenvalue weighted by Crippen LogP contribution is 2.30. The van der Waals surface area contributed by atoms with Gasteiger partial charge >= 0.3 is 0 Å². The van der Waals surface area contributed by atoms with Crippen molar-refractivity contribution in [3.8, 4) is 0 Å². The van der Waals surface area contributed by atoms with Crippen molar-refractivity contribution in [3.05, 3.63) is 69.7 Å². The van der Waals surface area contributed by atoms with Gasteiger partial charge in [-0.05, 0) is 36.9 Å². The first-order valence-electron chi connectivity index (χ1n) is 5.50. The smallest absolute Gasteiger partial charge is 0.129 e. The summed E-state index contributed by atoms with van der Waals surface area (Å²) in [5.74, 6) is -0.659. The predicted octanol–water partition coefficient (Wildman–Crippen LogP) is 4.04. The van der Waals surface area contributed by atoms with E-state index >= 15 is 0 Å². The molecule has 0 aliphatic carbocycles. The number of nitrogens with one attached hydrogen (secondary N) is 1. The first kappa shape index (κ1) is 13.2. The van der Waals surface area contributed by atoms with Crippen molar-refractivity contribution in [2.75, 3.05) is 7.05 Å². The fourth-order valence-electron chi connectivity index (χ4n) is 1.95. The van der Waals surface area contributed by atoms with E-state index < -0.39 is 6.04 Å². The van der Waals surface area contributed by atoms with E-state index in [0.29, 0.717) is 15.6 Å². The van der Waals surface area contributed by atoms with Crippen LogP contribution in [0.1, 0.15) is 17.2 Å². The van der Waals surface area contributed by atoms with Crippen LogP contribution >= 0.6 is 15.9 Å². The minimum absolute atomic E-state index is 0.326. The second kappa shape index (κ2) is 5.59. The normalized spacial score (nSPS) is 12.4. The third-order valence-corrected chi connectivity index (χ3v) is 3.45. The van der Waals surface area contributed by atoms with Gasteiger partial charge in [-0.1, -0.05) is 34.1 Å². The molecule has 1 N–H and O–H groups in total. The number of hydrogen-bond acceptors (Lipinski definition) is 1. The lowest BCUT2D eigenvalue weighted by atomic mass is 9.98. The molecule has 0 bridgehead atoms. The minimum atomic E-state index is -0.392. The van der Waals surface area contributed by atoms with Crippen LogP contribution in [0.4, 0.5) is 8.78 Å². The lowest BCUT2D eigenvalue weighted by Crippen LogP contribution is -2.19. The largest absolute Gasteiger partial charge is 0.309 e. The molecule has 0 aliphatic rings. The highest BCUT2D eigenvalue weighted by atomic mass is 79.9. The summed E-state index contributed by atoms with van der Waals surface area (Å²) in [6, 6.07) is 10.5. The molecule has 0 aliphatic heterocycles. The van der Waals surface area contributed by atoms with Gasteiger partial charge in [0.2, 0.25) is 0 Å². The number of hydrogen-bond donors (Lipinski definition) is 1. The Balaban J connectivity index is 2.52. The van der Waals surface area contributed by atoms with Crippen molar-refractivity contribution < 1.29 is 8.78 Å². The zero-order valence-corrected chi connectivity index (χ0v) is 11.3. The molecule has 94 valence electrons. The molecule has 4 heteroatoms. The van der Waals surface area contributed by atoms with Crippen molar-refractivity contribution >= 4 is 15.9 Å². The topological polar surface area (TPSA) is 12.0 Å².